The molecule has 6 nitrogen and oxygen atoms in total. The van der Waals surface area contributed by atoms with Crippen molar-refractivity contribution in [2.45, 2.75) is 26.7 Å². The summed E-state index contributed by atoms with van der Waals surface area (Å²) < 4.78 is 0. The average molecular weight is 380 g/mol. The fraction of sp³-hybridized carbons (Fsp3) is 0.474. The molecule has 0 spiro atoms. The van der Waals surface area contributed by atoms with Crippen LogP contribution in [0.2, 0.25) is 5.02 Å². The van der Waals surface area contributed by atoms with Gasteiger partial charge >= 0.3 is 0 Å². The number of nitrogens with one attached hydrogen (secondary N) is 3. The van der Waals surface area contributed by atoms with Gasteiger partial charge in [0.05, 0.1) is 25.3 Å². The number of halogens is 1. The summed E-state index contributed by atoms with van der Waals surface area (Å²) in [4.78, 5) is 25.7. The molecular formula is C19H28ClN4O2+. The van der Waals surface area contributed by atoms with Crippen LogP contribution in [0.25, 0.3) is 5.70 Å². The van der Waals surface area contributed by atoms with Crippen LogP contribution in [-0.2, 0) is 9.59 Å². The van der Waals surface area contributed by atoms with E-state index < -0.39 is 0 Å². The topological polar surface area (TPSA) is 65.9 Å². The van der Waals surface area contributed by atoms with Crippen LogP contribution in [-0.4, -0.2) is 49.5 Å². The van der Waals surface area contributed by atoms with Crippen LogP contribution in [0.4, 0.5) is 0 Å². The Hall–Kier alpha value is -2.05. The minimum absolute atomic E-state index is 0.00188. The quantitative estimate of drug-likeness (QED) is 0.557. The molecule has 0 saturated heterocycles. The van der Waals surface area contributed by atoms with Gasteiger partial charge < -0.3 is 10.2 Å². The van der Waals surface area contributed by atoms with Gasteiger partial charge in [0, 0.05) is 24.4 Å². The number of nitrogens with zero attached hydrogens (tertiary/aromatic N) is 1. The van der Waals surface area contributed by atoms with E-state index >= 15 is 0 Å². The predicted octanol–water partition coefficient (Wildman–Crippen LogP) is 0.849. The molecule has 0 radical (unpaired) electrons. The second-order valence-electron chi connectivity index (χ2n) is 6.33. The Kier molecular flexibility index (Phi) is 7.94. The first-order valence-electron chi connectivity index (χ1n) is 9.16. The van der Waals surface area contributed by atoms with Crippen molar-refractivity contribution in [1.29, 1.82) is 0 Å². The standard InChI is InChI=1S/C19H27ClN4O2/c1-3-23(4-2)13-5-12-21-18(25)14-24-19(26)11-10-17(22-24)15-6-8-16(20)9-7-15/h6-10,22H,3-5,11-14H2,1-2H3,(H,21,25)/p+1. The van der Waals surface area contributed by atoms with Gasteiger partial charge in [-0.05, 0) is 37.6 Å². The lowest BCUT2D eigenvalue weighted by Gasteiger charge is -2.28. The Morgan fingerprint density at radius 2 is 1.96 bits per heavy atom. The van der Waals surface area contributed by atoms with Gasteiger partial charge in [0.25, 0.3) is 0 Å². The molecule has 1 aliphatic heterocycles. The highest BCUT2D eigenvalue weighted by atomic mass is 35.5. The number of carbonyl (C=O) groups excluding carboxylic acids is 2. The zero-order chi connectivity index (χ0) is 18.9. The van der Waals surface area contributed by atoms with Crippen LogP contribution in [0.5, 0.6) is 0 Å². The van der Waals surface area contributed by atoms with Gasteiger partial charge in [-0.25, -0.2) is 5.01 Å². The molecule has 0 aromatic heterocycles. The maximum atomic E-state index is 12.1. The van der Waals surface area contributed by atoms with Gasteiger partial charge in [0.2, 0.25) is 11.8 Å². The van der Waals surface area contributed by atoms with Crippen LogP contribution in [0.3, 0.4) is 0 Å². The number of carbonyl (C=O) groups is 2. The molecule has 1 aromatic rings. The summed E-state index contributed by atoms with van der Waals surface area (Å²) in [5.41, 5.74) is 4.76. The highest BCUT2D eigenvalue weighted by Gasteiger charge is 2.22. The molecule has 0 fully saturated rings. The van der Waals surface area contributed by atoms with Crippen molar-refractivity contribution in [2.24, 2.45) is 0 Å². The van der Waals surface area contributed by atoms with Gasteiger partial charge in [0.1, 0.15) is 6.54 Å². The monoisotopic (exact) mass is 379 g/mol. The molecule has 2 amide bonds. The van der Waals surface area contributed by atoms with E-state index in [2.05, 4.69) is 24.6 Å². The molecular weight excluding hydrogens is 352 g/mol. The Morgan fingerprint density at radius 1 is 1.27 bits per heavy atom. The Labute approximate surface area is 160 Å². The van der Waals surface area contributed by atoms with E-state index in [1.54, 1.807) is 12.1 Å². The SMILES string of the molecule is CC[NH+](CC)CCCNC(=O)CN1NC(c2ccc(Cl)cc2)=CCC1=O. The molecule has 0 saturated carbocycles. The van der Waals surface area contributed by atoms with Gasteiger partial charge in [-0.1, -0.05) is 23.7 Å². The van der Waals surface area contributed by atoms with Crippen molar-refractivity contribution in [3.63, 3.8) is 0 Å². The molecule has 0 bridgehead atoms. The average Bonchev–Trinajstić information content (AvgIpc) is 2.64. The van der Waals surface area contributed by atoms with Crippen molar-refractivity contribution < 1.29 is 14.5 Å². The Bertz CT molecular complexity index is 641. The molecule has 0 aliphatic carbocycles. The summed E-state index contributed by atoms with van der Waals surface area (Å²) in [6.07, 6.45) is 3.02. The molecule has 7 heteroatoms. The zero-order valence-corrected chi connectivity index (χ0v) is 16.2. The summed E-state index contributed by atoms with van der Waals surface area (Å²) in [5.74, 6) is -0.275. The fourth-order valence-corrected chi connectivity index (χ4v) is 2.99. The Balaban J connectivity index is 1.81. The first kappa shape index (κ1) is 20.3. The molecule has 3 N–H and O–H groups in total. The lowest BCUT2D eigenvalue weighted by molar-refractivity contribution is -0.896. The van der Waals surface area contributed by atoms with Gasteiger partial charge in [-0.3, -0.25) is 15.0 Å². The number of hydrazine groups is 1. The van der Waals surface area contributed by atoms with Crippen LogP contribution in [0, 0.1) is 0 Å². The number of hydrogen-bond acceptors (Lipinski definition) is 3. The summed E-state index contributed by atoms with van der Waals surface area (Å²) in [7, 11) is 0. The maximum Gasteiger partial charge on any atom is 0.245 e. The summed E-state index contributed by atoms with van der Waals surface area (Å²) >= 11 is 5.91. The molecule has 1 heterocycles. The van der Waals surface area contributed by atoms with Crippen molar-refractivity contribution in [2.75, 3.05) is 32.7 Å². The number of rotatable bonds is 9. The third-order valence-electron chi connectivity index (χ3n) is 4.52. The number of quaternary nitrogens is 1. The second kappa shape index (κ2) is 10.2. The molecule has 0 unspecified atom stereocenters. The van der Waals surface area contributed by atoms with Crippen molar-refractivity contribution in [3.05, 3.63) is 40.9 Å². The molecule has 1 aromatic carbocycles. The van der Waals surface area contributed by atoms with E-state index in [0.717, 1.165) is 37.3 Å². The van der Waals surface area contributed by atoms with Crippen molar-refractivity contribution in [3.8, 4) is 0 Å². The third kappa shape index (κ3) is 6.04. The minimum Gasteiger partial charge on any atom is -0.354 e. The summed E-state index contributed by atoms with van der Waals surface area (Å²) in [6.45, 7) is 8.18. The number of amides is 2. The maximum absolute atomic E-state index is 12.1. The molecule has 1 aliphatic rings. The number of hydrogen-bond donors (Lipinski definition) is 3. The van der Waals surface area contributed by atoms with Gasteiger partial charge in [-0.15, -0.1) is 0 Å². The minimum atomic E-state index is -0.155. The second-order valence-corrected chi connectivity index (χ2v) is 6.77. The molecule has 26 heavy (non-hydrogen) atoms. The predicted molar refractivity (Wildman–Crippen MR) is 103 cm³/mol. The molecule has 2 rings (SSSR count). The van der Waals surface area contributed by atoms with Crippen LogP contribution in [0.15, 0.2) is 30.3 Å². The third-order valence-corrected chi connectivity index (χ3v) is 4.78. The number of benzene rings is 1. The van der Waals surface area contributed by atoms with E-state index in [4.69, 9.17) is 11.6 Å². The summed E-state index contributed by atoms with van der Waals surface area (Å²) in [6, 6.07) is 7.35. The van der Waals surface area contributed by atoms with E-state index in [-0.39, 0.29) is 24.8 Å². The van der Waals surface area contributed by atoms with Crippen LogP contribution in [0.1, 0.15) is 32.3 Å². The highest BCUT2D eigenvalue weighted by molar-refractivity contribution is 6.30. The van der Waals surface area contributed by atoms with Crippen molar-refractivity contribution in [1.82, 2.24) is 15.8 Å². The Morgan fingerprint density at radius 3 is 2.62 bits per heavy atom. The van der Waals surface area contributed by atoms with Crippen molar-refractivity contribution >= 4 is 29.1 Å². The van der Waals surface area contributed by atoms with E-state index in [1.165, 1.54) is 9.91 Å². The lowest BCUT2D eigenvalue weighted by Crippen LogP contribution is -3.11. The van der Waals surface area contributed by atoms with Crippen LogP contribution < -0.4 is 15.6 Å². The summed E-state index contributed by atoms with van der Waals surface area (Å²) in [5, 5.41) is 4.92. The van der Waals surface area contributed by atoms with Gasteiger partial charge in [0.15, 0.2) is 0 Å². The first-order valence-corrected chi connectivity index (χ1v) is 9.54. The van der Waals surface area contributed by atoms with E-state index in [0.29, 0.717) is 11.6 Å². The fourth-order valence-electron chi connectivity index (χ4n) is 2.86. The van der Waals surface area contributed by atoms with E-state index in [1.807, 2.05) is 18.2 Å². The zero-order valence-electron chi connectivity index (χ0n) is 15.5. The molecule has 0 atom stereocenters. The smallest absolute Gasteiger partial charge is 0.245 e. The molecule has 142 valence electrons. The van der Waals surface area contributed by atoms with E-state index in [9.17, 15) is 9.59 Å². The van der Waals surface area contributed by atoms with Crippen LogP contribution >= 0.6 is 11.6 Å². The largest absolute Gasteiger partial charge is 0.354 e. The highest BCUT2D eigenvalue weighted by Crippen LogP contribution is 2.19. The first-order chi connectivity index (χ1) is 12.5. The van der Waals surface area contributed by atoms with Gasteiger partial charge in [-0.2, -0.15) is 0 Å². The normalized spacial score (nSPS) is 14.2. The lowest BCUT2D eigenvalue weighted by atomic mass is 10.1.